The van der Waals surface area contributed by atoms with Gasteiger partial charge in [0.25, 0.3) is 0 Å². The van der Waals surface area contributed by atoms with Crippen LogP contribution in [0.25, 0.3) is 11.0 Å². The molecule has 0 unspecified atom stereocenters. The van der Waals surface area contributed by atoms with E-state index in [0.717, 1.165) is 30.3 Å². The third kappa shape index (κ3) is 2.22. The molecule has 4 rings (SSSR count). The fraction of sp³-hybridized carbons (Fsp3) is 0.263. The summed E-state index contributed by atoms with van der Waals surface area (Å²) < 4.78 is 3.15. The first-order chi connectivity index (χ1) is 11.1. The van der Waals surface area contributed by atoms with Crippen molar-refractivity contribution in [3.05, 3.63) is 69.6 Å². The van der Waals surface area contributed by atoms with E-state index in [1.165, 1.54) is 11.1 Å². The highest BCUT2D eigenvalue weighted by molar-refractivity contribution is 5.97. The van der Waals surface area contributed by atoms with E-state index in [4.69, 9.17) is 0 Å². The van der Waals surface area contributed by atoms with Crippen LogP contribution in [0, 0.1) is 0 Å². The second-order valence-corrected chi connectivity index (χ2v) is 6.18. The van der Waals surface area contributed by atoms with Gasteiger partial charge in [0.2, 0.25) is 0 Å². The predicted molar refractivity (Wildman–Crippen MR) is 90.0 cm³/mol. The van der Waals surface area contributed by atoms with Crippen molar-refractivity contribution >= 4 is 16.8 Å². The molecular formula is C19H18N2O2. The highest BCUT2D eigenvalue weighted by atomic mass is 16.2. The van der Waals surface area contributed by atoms with Gasteiger partial charge in [0.05, 0.1) is 17.6 Å². The van der Waals surface area contributed by atoms with Crippen LogP contribution >= 0.6 is 0 Å². The molecule has 23 heavy (non-hydrogen) atoms. The Balaban J connectivity index is 1.72. The maximum Gasteiger partial charge on any atom is 0.329 e. The molecule has 116 valence electrons. The number of carbonyl (C=O) groups excluding carboxylic acids is 1. The van der Waals surface area contributed by atoms with Crippen LogP contribution in [-0.2, 0) is 26.4 Å². The first-order valence-corrected chi connectivity index (χ1v) is 7.94. The summed E-state index contributed by atoms with van der Waals surface area (Å²) in [5, 5.41) is 0. The number of para-hydroxylation sites is 2. The number of hydrogen-bond donors (Lipinski definition) is 0. The summed E-state index contributed by atoms with van der Waals surface area (Å²) in [6.45, 7) is 0.0823. The summed E-state index contributed by atoms with van der Waals surface area (Å²) in [5.74, 6) is -0.0156. The van der Waals surface area contributed by atoms with Crippen molar-refractivity contribution in [2.75, 3.05) is 0 Å². The zero-order chi connectivity index (χ0) is 16.0. The number of nitrogens with zero attached hydrogens (tertiary/aromatic N) is 2. The summed E-state index contributed by atoms with van der Waals surface area (Å²) in [4.78, 5) is 25.1. The van der Waals surface area contributed by atoms with Crippen molar-refractivity contribution in [1.29, 1.82) is 0 Å². The Kier molecular flexibility index (Phi) is 3.18. The lowest BCUT2D eigenvalue weighted by Crippen LogP contribution is -2.25. The van der Waals surface area contributed by atoms with Crippen molar-refractivity contribution in [3.8, 4) is 0 Å². The minimum absolute atomic E-state index is 0.0156. The zero-order valence-electron chi connectivity index (χ0n) is 13.1. The van der Waals surface area contributed by atoms with Crippen LogP contribution in [0.3, 0.4) is 0 Å². The molecule has 3 aromatic rings. The van der Waals surface area contributed by atoms with Crippen molar-refractivity contribution in [3.63, 3.8) is 0 Å². The number of rotatable bonds is 3. The molecular weight excluding hydrogens is 288 g/mol. The Labute approximate surface area is 134 Å². The average Bonchev–Trinajstić information content (AvgIpc) is 3.13. The SMILES string of the molecule is Cn1c(=O)n(CC(=O)c2ccc3c(c2)CCC3)c2ccccc21. The van der Waals surface area contributed by atoms with E-state index in [2.05, 4.69) is 6.07 Å². The Bertz CT molecular complexity index is 979. The molecule has 1 aliphatic carbocycles. The molecule has 0 saturated carbocycles. The number of fused-ring (bicyclic) bond motifs is 2. The normalized spacial score (nSPS) is 13.4. The highest BCUT2D eigenvalue weighted by Crippen LogP contribution is 2.23. The molecule has 0 bridgehead atoms. The van der Waals surface area contributed by atoms with E-state index >= 15 is 0 Å². The van der Waals surface area contributed by atoms with Gasteiger partial charge in [-0.2, -0.15) is 0 Å². The van der Waals surface area contributed by atoms with Gasteiger partial charge in [0.15, 0.2) is 5.78 Å². The summed E-state index contributed by atoms with van der Waals surface area (Å²) in [6, 6.07) is 13.5. The molecule has 2 aromatic carbocycles. The van der Waals surface area contributed by atoms with Crippen LogP contribution in [0.5, 0.6) is 0 Å². The summed E-state index contributed by atoms with van der Waals surface area (Å²) in [6.07, 6.45) is 3.31. The van der Waals surface area contributed by atoms with Gasteiger partial charge in [-0.05, 0) is 48.6 Å². The van der Waals surface area contributed by atoms with E-state index in [-0.39, 0.29) is 18.0 Å². The predicted octanol–water partition coefficient (Wildman–Crippen LogP) is 2.71. The smallest absolute Gasteiger partial charge is 0.295 e. The average molecular weight is 306 g/mol. The maximum absolute atomic E-state index is 12.7. The Morgan fingerprint density at radius 1 is 1.04 bits per heavy atom. The van der Waals surface area contributed by atoms with Crippen LogP contribution in [0.1, 0.15) is 27.9 Å². The number of hydrogen-bond acceptors (Lipinski definition) is 2. The summed E-state index contributed by atoms with van der Waals surface area (Å²) in [5.41, 5.74) is 4.82. The van der Waals surface area contributed by atoms with Gasteiger partial charge in [-0.25, -0.2) is 4.79 Å². The highest BCUT2D eigenvalue weighted by Gasteiger charge is 2.17. The van der Waals surface area contributed by atoms with Gasteiger partial charge in [-0.1, -0.05) is 24.3 Å². The molecule has 0 atom stereocenters. The number of imidazole rings is 1. The van der Waals surface area contributed by atoms with Crippen LogP contribution in [-0.4, -0.2) is 14.9 Å². The molecule has 1 aliphatic rings. The van der Waals surface area contributed by atoms with Crippen LogP contribution in [0.4, 0.5) is 0 Å². The van der Waals surface area contributed by atoms with E-state index in [0.29, 0.717) is 5.56 Å². The number of aromatic nitrogens is 2. The first-order valence-electron chi connectivity index (χ1n) is 7.94. The minimum Gasteiger partial charge on any atom is -0.295 e. The van der Waals surface area contributed by atoms with E-state index in [9.17, 15) is 9.59 Å². The lowest BCUT2D eigenvalue weighted by Gasteiger charge is -2.06. The van der Waals surface area contributed by atoms with Crippen LogP contribution < -0.4 is 5.69 Å². The van der Waals surface area contributed by atoms with Crippen molar-refractivity contribution in [2.24, 2.45) is 7.05 Å². The third-order valence-electron chi connectivity index (χ3n) is 4.77. The standard InChI is InChI=1S/C19H18N2O2/c1-20-16-7-2-3-8-17(16)21(19(20)23)12-18(22)15-10-9-13-5-4-6-14(13)11-15/h2-3,7-11H,4-6,12H2,1H3. The van der Waals surface area contributed by atoms with Crippen molar-refractivity contribution in [1.82, 2.24) is 9.13 Å². The van der Waals surface area contributed by atoms with Gasteiger partial charge in [0, 0.05) is 12.6 Å². The van der Waals surface area contributed by atoms with Crippen LogP contribution in [0.2, 0.25) is 0 Å². The molecule has 4 nitrogen and oxygen atoms in total. The lowest BCUT2D eigenvalue weighted by molar-refractivity contribution is 0.0972. The second-order valence-electron chi connectivity index (χ2n) is 6.18. The Hall–Kier alpha value is -2.62. The molecule has 0 spiro atoms. The third-order valence-corrected chi connectivity index (χ3v) is 4.77. The summed E-state index contributed by atoms with van der Waals surface area (Å²) in [7, 11) is 1.74. The number of aryl methyl sites for hydroxylation is 3. The zero-order valence-corrected chi connectivity index (χ0v) is 13.1. The monoisotopic (exact) mass is 306 g/mol. The van der Waals surface area contributed by atoms with Gasteiger partial charge < -0.3 is 0 Å². The lowest BCUT2D eigenvalue weighted by atomic mass is 10.0. The number of carbonyl (C=O) groups is 1. The number of Topliss-reactive ketones (excluding diaryl/α,β-unsaturated/α-hetero) is 1. The van der Waals surface area contributed by atoms with Crippen LogP contribution in [0.15, 0.2) is 47.3 Å². The molecule has 0 N–H and O–H groups in total. The maximum atomic E-state index is 12.7. The van der Waals surface area contributed by atoms with Gasteiger partial charge in [-0.15, -0.1) is 0 Å². The topological polar surface area (TPSA) is 44.0 Å². The summed E-state index contributed by atoms with van der Waals surface area (Å²) >= 11 is 0. The fourth-order valence-electron chi connectivity index (χ4n) is 3.50. The van der Waals surface area contributed by atoms with E-state index in [1.54, 1.807) is 16.2 Å². The van der Waals surface area contributed by atoms with Gasteiger partial charge in [0.1, 0.15) is 0 Å². The minimum atomic E-state index is -0.152. The number of ketones is 1. The quantitative estimate of drug-likeness (QED) is 0.698. The Morgan fingerprint density at radius 3 is 2.61 bits per heavy atom. The molecule has 4 heteroatoms. The van der Waals surface area contributed by atoms with E-state index < -0.39 is 0 Å². The molecule has 1 aromatic heterocycles. The van der Waals surface area contributed by atoms with Gasteiger partial charge in [-0.3, -0.25) is 13.9 Å². The largest absolute Gasteiger partial charge is 0.329 e. The molecule has 0 amide bonds. The molecule has 0 saturated heterocycles. The fourth-order valence-corrected chi connectivity index (χ4v) is 3.50. The van der Waals surface area contributed by atoms with Crippen molar-refractivity contribution in [2.45, 2.75) is 25.8 Å². The first kappa shape index (κ1) is 14.0. The number of benzene rings is 2. The molecule has 0 radical (unpaired) electrons. The molecule has 1 heterocycles. The molecule has 0 aliphatic heterocycles. The Morgan fingerprint density at radius 2 is 1.78 bits per heavy atom. The van der Waals surface area contributed by atoms with E-state index in [1.807, 2.05) is 36.4 Å². The molecule has 0 fully saturated rings. The van der Waals surface area contributed by atoms with Gasteiger partial charge >= 0.3 is 5.69 Å². The second kappa shape index (κ2) is 5.23. The van der Waals surface area contributed by atoms with Crippen molar-refractivity contribution < 1.29 is 4.79 Å².